The van der Waals surface area contributed by atoms with Crippen molar-refractivity contribution in [2.24, 2.45) is 0 Å². The van der Waals surface area contributed by atoms with Crippen LogP contribution in [0.15, 0.2) is 55.0 Å². The summed E-state index contributed by atoms with van der Waals surface area (Å²) >= 11 is 1.11. The molecule has 2 heterocycles. The van der Waals surface area contributed by atoms with E-state index < -0.39 is 10.7 Å². The van der Waals surface area contributed by atoms with Gasteiger partial charge in [0.1, 0.15) is 0 Å². The highest BCUT2D eigenvalue weighted by molar-refractivity contribution is 8.15. The first-order chi connectivity index (χ1) is 12.6. The molecule has 0 saturated carbocycles. The van der Waals surface area contributed by atoms with Crippen LogP contribution >= 0.6 is 11.8 Å². The molecular formula is C20H21FN2O2S. The second-order valence-corrected chi connectivity index (χ2v) is 7.68. The molecule has 6 heteroatoms. The van der Waals surface area contributed by atoms with Gasteiger partial charge in [0.2, 0.25) is 11.1 Å². The van der Waals surface area contributed by atoms with E-state index in [4.69, 9.17) is 4.74 Å². The third-order valence-corrected chi connectivity index (χ3v) is 5.95. The van der Waals surface area contributed by atoms with Gasteiger partial charge in [-0.2, -0.15) is 4.39 Å². The zero-order valence-corrected chi connectivity index (χ0v) is 15.5. The number of aromatic nitrogens is 2. The number of benzene rings is 1. The van der Waals surface area contributed by atoms with Gasteiger partial charge in [0.05, 0.1) is 17.1 Å². The van der Waals surface area contributed by atoms with Crippen molar-refractivity contribution in [3.05, 3.63) is 72.3 Å². The molecule has 26 heavy (non-hydrogen) atoms. The van der Waals surface area contributed by atoms with E-state index in [1.807, 2.05) is 37.3 Å². The van der Waals surface area contributed by atoms with Crippen molar-refractivity contribution < 1.29 is 13.9 Å². The molecule has 136 valence electrons. The molecule has 1 aliphatic heterocycles. The number of carbonyl (C=O) groups excluding carboxylic acids is 1. The summed E-state index contributed by atoms with van der Waals surface area (Å²) in [5, 5.41) is -0.337. The second-order valence-electron chi connectivity index (χ2n) is 6.29. The van der Waals surface area contributed by atoms with Gasteiger partial charge in [0.15, 0.2) is 5.69 Å². The van der Waals surface area contributed by atoms with Gasteiger partial charge < -0.3 is 9.30 Å². The lowest BCUT2D eigenvalue weighted by molar-refractivity contribution is 0.0865. The summed E-state index contributed by atoms with van der Waals surface area (Å²) in [4.78, 5) is 16.7. The lowest BCUT2D eigenvalue weighted by Crippen LogP contribution is -2.32. The van der Waals surface area contributed by atoms with Crippen LogP contribution in [-0.4, -0.2) is 32.6 Å². The van der Waals surface area contributed by atoms with Crippen LogP contribution in [-0.2, 0) is 4.74 Å². The third kappa shape index (κ3) is 3.83. The molecule has 1 fully saturated rings. The van der Waals surface area contributed by atoms with Crippen LogP contribution in [0.2, 0.25) is 0 Å². The van der Waals surface area contributed by atoms with Crippen molar-refractivity contribution in [3.63, 3.8) is 0 Å². The predicted molar refractivity (Wildman–Crippen MR) is 101 cm³/mol. The Morgan fingerprint density at radius 3 is 2.77 bits per heavy atom. The van der Waals surface area contributed by atoms with Crippen LogP contribution < -0.4 is 0 Å². The fraction of sp³-hybridized carbons (Fsp3) is 0.350. The van der Waals surface area contributed by atoms with Gasteiger partial charge >= 0.3 is 0 Å². The fourth-order valence-corrected chi connectivity index (χ4v) is 4.29. The third-order valence-electron chi connectivity index (χ3n) is 4.64. The molecule has 0 radical (unpaired) electrons. The van der Waals surface area contributed by atoms with Crippen molar-refractivity contribution >= 4 is 16.9 Å². The highest BCUT2D eigenvalue weighted by Crippen LogP contribution is 2.39. The summed E-state index contributed by atoms with van der Waals surface area (Å²) in [7, 11) is 0. The molecule has 0 spiro atoms. The van der Waals surface area contributed by atoms with Gasteiger partial charge in [-0.05, 0) is 31.4 Å². The lowest BCUT2D eigenvalue weighted by Gasteiger charge is -2.32. The van der Waals surface area contributed by atoms with E-state index in [1.54, 1.807) is 10.6 Å². The zero-order valence-electron chi connectivity index (χ0n) is 14.7. The normalized spacial score (nSPS) is 17.3. The van der Waals surface area contributed by atoms with Crippen LogP contribution in [0.1, 0.15) is 41.9 Å². The predicted octanol–water partition coefficient (Wildman–Crippen LogP) is 4.40. The van der Waals surface area contributed by atoms with Crippen LogP contribution in [0.4, 0.5) is 4.39 Å². The molecule has 0 unspecified atom stereocenters. The molecule has 1 aromatic heterocycles. The average molecular weight is 372 g/mol. The van der Waals surface area contributed by atoms with Gasteiger partial charge in [0.25, 0.3) is 0 Å². The molecule has 2 aromatic rings. The second kappa shape index (κ2) is 8.04. The molecule has 0 amide bonds. The van der Waals surface area contributed by atoms with Crippen molar-refractivity contribution in [3.8, 4) is 0 Å². The minimum atomic E-state index is -0.741. The molecule has 0 aliphatic carbocycles. The lowest BCUT2D eigenvalue weighted by atomic mass is 9.99. The van der Waals surface area contributed by atoms with E-state index in [0.717, 1.165) is 17.3 Å². The Bertz CT molecular complexity index is 822. The topological polar surface area (TPSA) is 44.1 Å². The Balaban J connectivity index is 1.90. The van der Waals surface area contributed by atoms with E-state index in [9.17, 15) is 9.18 Å². The van der Waals surface area contributed by atoms with Crippen LogP contribution in [0.3, 0.4) is 0 Å². The Labute approximate surface area is 156 Å². The molecule has 3 rings (SSSR count). The molecule has 1 aliphatic rings. The Morgan fingerprint density at radius 2 is 2.12 bits per heavy atom. The molecule has 1 aromatic carbocycles. The first kappa shape index (κ1) is 18.6. The van der Waals surface area contributed by atoms with Crippen molar-refractivity contribution in [2.75, 3.05) is 13.2 Å². The molecule has 1 saturated heterocycles. The number of halogens is 1. The number of ether oxygens (including phenoxy) is 1. The zero-order chi connectivity index (χ0) is 18.6. The maximum Gasteiger partial charge on any atom is 0.242 e. The van der Waals surface area contributed by atoms with Crippen molar-refractivity contribution in [1.29, 1.82) is 0 Å². The van der Waals surface area contributed by atoms with E-state index >= 15 is 0 Å². The number of hydrogen-bond donors (Lipinski definition) is 0. The SMILES string of the molecule is C=C=CC1(SC(=O)c2c(F)ncn2[C@H](C)c2ccccc2)CCOCC1. The fourth-order valence-electron chi connectivity index (χ4n) is 3.13. The average Bonchev–Trinajstić information content (AvgIpc) is 3.04. The molecular weight excluding hydrogens is 351 g/mol. The summed E-state index contributed by atoms with van der Waals surface area (Å²) in [6.07, 6.45) is 4.52. The summed E-state index contributed by atoms with van der Waals surface area (Å²) in [6, 6.07) is 9.45. The van der Waals surface area contributed by atoms with E-state index in [0.29, 0.717) is 26.1 Å². The van der Waals surface area contributed by atoms with E-state index in [1.165, 1.54) is 6.33 Å². The summed E-state index contributed by atoms with van der Waals surface area (Å²) < 4.78 is 20.9. The van der Waals surface area contributed by atoms with Crippen LogP contribution in [0.25, 0.3) is 0 Å². The van der Waals surface area contributed by atoms with E-state index in [2.05, 4.69) is 17.3 Å². The minimum absolute atomic E-state index is 0.00492. The Hall–Kier alpha value is -2.14. The largest absolute Gasteiger partial charge is 0.381 e. The first-order valence-corrected chi connectivity index (χ1v) is 9.33. The number of imidazole rings is 1. The quantitative estimate of drug-likeness (QED) is 0.730. The summed E-state index contributed by atoms with van der Waals surface area (Å²) in [5.41, 5.74) is 3.76. The Kier molecular flexibility index (Phi) is 5.77. The number of carbonyl (C=O) groups is 1. The molecule has 0 bridgehead atoms. The van der Waals surface area contributed by atoms with Gasteiger partial charge in [-0.15, -0.1) is 5.73 Å². The number of hydrogen-bond acceptors (Lipinski definition) is 4. The van der Waals surface area contributed by atoms with Crippen LogP contribution in [0, 0.1) is 5.95 Å². The number of rotatable bonds is 5. The van der Waals surface area contributed by atoms with Crippen molar-refractivity contribution in [1.82, 2.24) is 9.55 Å². The molecule has 0 N–H and O–H groups in total. The summed E-state index contributed by atoms with van der Waals surface area (Å²) in [5.74, 6) is -0.741. The van der Waals surface area contributed by atoms with Crippen molar-refractivity contribution in [2.45, 2.75) is 30.6 Å². The Morgan fingerprint density at radius 1 is 1.42 bits per heavy atom. The van der Waals surface area contributed by atoms with E-state index in [-0.39, 0.29) is 16.9 Å². The highest BCUT2D eigenvalue weighted by atomic mass is 32.2. The van der Waals surface area contributed by atoms with Gasteiger partial charge in [-0.25, -0.2) is 4.98 Å². The highest BCUT2D eigenvalue weighted by Gasteiger charge is 2.36. The number of thioether (sulfide) groups is 1. The smallest absolute Gasteiger partial charge is 0.242 e. The molecule has 1 atom stereocenters. The first-order valence-electron chi connectivity index (χ1n) is 8.52. The standard InChI is InChI=1S/C20H21FN2O2S/c1-3-9-20(10-12-25-13-11-20)26-19(24)17-18(21)22-14-23(17)15(2)16-7-5-4-6-8-16/h4-9,14-15H,1,10-13H2,2H3/t15-/m1/s1. The monoisotopic (exact) mass is 372 g/mol. The van der Waals surface area contributed by atoms with Gasteiger partial charge in [-0.1, -0.05) is 48.7 Å². The van der Waals surface area contributed by atoms with Crippen LogP contribution in [0.5, 0.6) is 0 Å². The maximum atomic E-state index is 14.4. The maximum absolute atomic E-state index is 14.4. The summed E-state index contributed by atoms with van der Waals surface area (Å²) in [6.45, 7) is 6.67. The minimum Gasteiger partial charge on any atom is -0.381 e. The van der Waals surface area contributed by atoms with Gasteiger partial charge in [0, 0.05) is 13.2 Å². The number of nitrogens with zero attached hydrogens (tertiary/aromatic N) is 2. The van der Waals surface area contributed by atoms with Gasteiger partial charge in [-0.3, -0.25) is 4.79 Å². The molecule has 4 nitrogen and oxygen atoms in total.